The van der Waals surface area contributed by atoms with Gasteiger partial charge in [0, 0.05) is 31.9 Å². The van der Waals surface area contributed by atoms with Gasteiger partial charge < -0.3 is 20.2 Å². The lowest BCUT2D eigenvalue weighted by atomic mass is 10.2. The van der Waals surface area contributed by atoms with E-state index in [1.54, 1.807) is 30.3 Å². The Balaban J connectivity index is 1.37. The molecule has 7 nitrogen and oxygen atoms in total. The molecule has 1 aromatic heterocycles. The van der Waals surface area contributed by atoms with Gasteiger partial charge >= 0.3 is 5.69 Å². The number of hydrogen-bond donors (Lipinski definition) is 3. The van der Waals surface area contributed by atoms with Crippen LogP contribution in [0.15, 0.2) is 47.3 Å². The summed E-state index contributed by atoms with van der Waals surface area (Å²) in [5.41, 5.74) is 2.30. The maximum atomic E-state index is 14.0. The Labute approximate surface area is 161 Å². The van der Waals surface area contributed by atoms with Crippen LogP contribution in [0.5, 0.6) is 0 Å². The van der Waals surface area contributed by atoms with Crippen molar-refractivity contribution in [1.82, 2.24) is 14.9 Å². The molecule has 0 saturated carbocycles. The maximum Gasteiger partial charge on any atom is 0.323 e. The number of piperazine rings is 1. The summed E-state index contributed by atoms with van der Waals surface area (Å²) >= 11 is 0. The number of anilines is 2. The number of nitrogens with one attached hydrogen (secondary N) is 3. The molecule has 3 N–H and O–H groups in total. The molecule has 2 aromatic carbocycles. The van der Waals surface area contributed by atoms with Crippen LogP contribution in [0.3, 0.4) is 0 Å². The molecule has 1 aliphatic heterocycles. The number of rotatable bonds is 4. The summed E-state index contributed by atoms with van der Waals surface area (Å²) in [6.07, 6.45) is 0. The Morgan fingerprint density at radius 1 is 1.07 bits per heavy atom. The number of aromatic nitrogens is 2. The molecule has 0 aliphatic carbocycles. The zero-order valence-corrected chi connectivity index (χ0v) is 15.5. The Kier molecular flexibility index (Phi) is 4.87. The lowest BCUT2D eigenvalue weighted by Crippen LogP contribution is -2.53. The second-order valence-electron chi connectivity index (χ2n) is 6.98. The number of para-hydroxylation sites is 1. The third-order valence-electron chi connectivity index (χ3n) is 5.22. The van der Waals surface area contributed by atoms with E-state index in [0.717, 1.165) is 0 Å². The number of fused-ring (bicyclic) bond motifs is 1. The van der Waals surface area contributed by atoms with Gasteiger partial charge in [-0.25, -0.2) is 9.18 Å². The summed E-state index contributed by atoms with van der Waals surface area (Å²) in [6.45, 7) is 4.54. The third-order valence-corrected chi connectivity index (χ3v) is 5.22. The standard InChI is InChI=1S/C20H22FN5O2/c1-13(19(27)22-14-6-7-16-17(12-14)24-20(28)23-16)25-8-10-26(11-9-25)18-5-3-2-4-15(18)21/h2-7,12-13H,8-11H2,1H3,(H,22,27)(H2,23,24,28)/t13-/m1/s1. The van der Waals surface area contributed by atoms with Crippen LogP contribution < -0.4 is 15.9 Å². The van der Waals surface area contributed by atoms with Crippen molar-refractivity contribution in [2.24, 2.45) is 0 Å². The molecular formula is C20H22FN5O2. The maximum absolute atomic E-state index is 14.0. The molecule has 1 fully saturated rings. The number of H-pyrrole nitrogens is 2. The van der Waals surface area contributed by atoms with E-state index in [0.29, 0.717) is 48.6 Å². The first-order chi connectivity index (χ1) is 13.5. The number of carbonyl (C=O) groups is 1. The van der Waals surface area contributed by atoms with Crippen molar-refractivity contribution in [2.45, 2.75) is 13.0 Å². The second-order valence-corrected chi connectivity index (χ2v) is 6.98. The lowest BCUT2D eigenvalue weighted by molar-refractivity contribution is -0.120. The fourth-order valence-electron chi connectivity index (χ4n) is 3.58. The summed E-state index contributed by atoms with van der Waals surface area (Å²) in [4.78, 5) is 33.5. The van der Waals surface area contributed by atoms with E-state index < -0.39 is 0 Å². The highest BCUT2D eigenvalue weighted by atomic mass is 19.1. The van der Waals surface area contributed by atoms with Gasteiger partial charge in [0.25, 0.3) is 0 Å². The van der Waals surface area contributed by atoms with E-state index in [1.807, 2.05) is 17.9 Å². The fourth-order valence-corrected chi connectivity index (χ4v) is 3.58. The first-order valence-electron chi connectivity index (χ1n) is 9.28. The topological polar surface area (TPSA) is 84.2 Å². The summed E-state index contributed by atoms with van der Waals surface area (Å²) in [5.74, 6) is -0.337. The molecule has 28 heavy (non-hydrogen) atoms. The predicted molar refractivity (Wildman–Crippen MR) is 107 cm³/mol. The number of imidazole rings is 1. The summed E-state index contributed by atoms with van der Waals surface area (Å²) in [5, 5.41) is 2.90. The highest BCUT2D eigenvalue weighted by molar-refractivity contribution is 5.96. The third kappa shape index (κ3) is 3.63. The van der Waals surface area contributed by atoms with E-state index >= 15 is 0 Å². The van der Waals surface area contributed by atoms with E-state index in [2.05, 4.69) is 20.2 Å². The summed E-state index contributed by atoms with van der Waals surface area (Å²) in [6, 6.07) is 11.7. The van der Waals surface area contributed by atoms with Gasteiger partial charge in [0.05, 0.1) is 22.8 Å². The number of carbonyl (C=O) groups excluding carboxylic acids is 1. The Morgan fingerprint density at radius 3 is 2.54 bits per heavy atom. The molecule has 146 valence electrons. The molecule has 1 atom stereocenters. The van der Waals surface area contributed by atoms with Crippen LogP contribution in [0.2, 0.25) is 0 Å². The molecule has 3 aromatic rings. The van der Waals surface area contributed by atoms with Gasteiger partial charge in [0.15, 0.2) is 0 Å². The molecule has 0 spiro atoms. The summed E-state index contributed by atoms with van der Waals surface area (Å²) in [7, 11) is 0. The van der Waals surface area contributed by atoms with Crippen LogP contribution in [0.25, 0.3) is 11.0 Å². The molecule has 1 amide bonds. The first-order valence-corrected chi connectivity index (χ1v) is 9.28. The van der Waals surface area contributed by atoms with Crippen molar-refractivity contribution >= 4 is 28.3 Å². The predicted octanol–water partition coefficient (Wildman–Crippen LogP) is 2.14. The van der Waals surface area contributed by atoms with Crippen LogP contribution in [0.1, 0.15) is 6.92 Å². The first kappa shape index (κ1) is 18.2. The van der Waals surface area contributed by atoms with Gasteiger partial charge in [-0.1, -0.05) is 12.1 Å². The van der Waals surface area contributed by atoms with Crippen LogP contribution in [-0.2, 0) is 4.79 Å². The zero-order chi connectivity index (χ0) is 19.7. The molecule has 0 bridgehead atoms. The molecular weight excluding hydrogens is 361 g/mol. The second kappa shape index (κ2) is 7.47. The van der Waals surface area contributed by atoms with Crippen molar-refractivity contribution < 1.29 is 9.18 Å². The highest BCUT2D eigenvalue weighted by Gasteiger charge is 2.26. The monoisotopic (exact) mass is 383 g/mol. The Bertz CT molecular complexity index is 1050. The molecule has 2 heterocycles. The molecule has 1 aliphatic rings. The number of halogens is 1. The molecule has 0 radical (unpaired) electrons. The van der Waals surface area contributed by atoms with Crippen molar-refractivity contribution in [3.63, 3.8) is 0 Å². The number of aromatic amines is 2. The van der Waals surface area contributed by atoms with E-state index in [1.165, 1.54) is 6.07 Å². The molecule has 0 unspecified atom stereocenters. The van der Waals surface area contributed by atoms with Gasteiger partial charge in [-0.05, 0) is 37.3 Å². The van der Waals surface area contributed by atoms with Crippen LogP contribution in [0, 0.1) is 5.82 Å². The van der Waals surface area contributed by atoms with Gasteiger partial charge in [0.2, 0.25) is 5.91 Å². The summed E-state index contributed by atoms with van der Waals surface area (Å²) < 4.78 is 14.0. The average Bonchev–Trinajstić information content (AvgIpc) is 3.07. The van der Waals surface area contributed by atoms with Crippen LogP contribution in [0.4, 0.5) is 15.8 Å². The molecule has 4 rings (SSSR count). The van der Waals surface area contributed by atoms with Gasteiger partial charge in [-0.15, -0.1) is 0 Å². The van der Waals surface area contributed by atoms with Crippen molar-refractivity contribution in [3.8, 4) is 0 Å². The minimum atomic E-state index is -0.316. The molecule has 1 saturated heterocycles. The van der Waals surface area contributed by atoms with Gasteiger partial charge in [0.1, 0.15) is 5.82 Å². The highest BCUT2D eigenvalue weighted by Crippen LogP contribution is 2.21. The zero-order valence-electron chi connectivity index (χ0n) is 15.5. The average molecular weight is 383 g/mol. The number of benzene rings is 2. The SMILES string of the molecule is C[C@H](C(=O)Nc1ccc2[nH]c(=O)[nH]c2c1)N1CCN(c2ccccc2F)CC1. The molecule has 8 heteroatoms. The fraction of sp³-hybridized carbons (Fsp3) is 0.300. The number of hydrogen-bond acceptors (Lipinski definition) is 4. The Morgan fingerprint density at radius 2 is 1.79 bits per heavy atom. The quantitative estimate of drug-likeness (QED) is 0.645. The minimum absolute atomic E-state index is 0.114. The van der Waals surface area contributed by atoms with Crippen molar-refractivity contribution in [3.05, 3.63) is 58.8 Å². The van der Waals surface area contributed by atoms with Crippen molar-refractivity contribution in [1.29, 1.82) is 0 Å². The van der Waals surface area contributed by atoms with Crippen LogP contribution in [-0.4, -0.2) is 53.0 Å². The number of amides is 1. The lowest BCUT2D eigenvalue weighted by Gasteiger charge is -2.38. The Hall–Kier alpha value is -3.13. The van der Waals surface area contributed by atoms with E-state index in [-0.39, 0.29) is 23.5 Å². The van der Waals surface area contributed by atoms with Gasteiger partial charge in [-0.3, -0.25) is 9.69 Å². The van der Waals surface area contributed by atoms with E-state index in [4.69, 9.17) is 0 Å². The normalized spacial score (nSPS) is 16.3. The largest absolute Gasteiger partial charge is 0.367 e. The van der Waals surface area contributed by atoms with Crippen LogP contribution >= 0.6 is 0 Å². The van der Waals surface area contributed by atoms with E-state index in [9.17, 15) is 14.0 Å². The van der Waals surface area contributed by atoms with Gasteiger partial charge in [-0.2, -0.15) is 0 Å². The minimum Gasteiger partial charge on any atom is -0.367 e. The van der Waals surface area contributed by atoms with Crippen molar-refractivity contribution in [2.75, 3.05) is 36.4 Å². The smallest absolute Gasteiger partial charge is 0.323 e. The number of nitrogens with zero attached hydrogens (tertiary/aromatic N) is 2.